The molecular weight excluding hydrogens is 297 g/mol. The van der Waals surface area contributed by atoms with Crippen LogP contribution >= 0.6 is 23.2 Å². The summed E-state index contributed by atoms with van der Waals surface area (Å²) in [6, 6.07) is 4.83. The van der Waals surface area contributed by atoms with E-state index in [-0.39, 0.29) is 35.5 Å². The van der Waals surface area contributed by atoms with Crippen LogP contribution in [0, 0.1) is 23.7 Å². The number of benzene rings is 1. The number of nitrogens with zero attached hydrogens (tertiary/aromatic N) is 1. The maximum atomic E-state index is 12.6. The predicted octanol–water partition coefficient (Wildman–Crippen LogP) is 3.30. The van der Waals surface area contributed by atoms with Crippen LogP contribution in [-0.4, -0.2) is 11.8 Å². The van der Waals surface area contributed by atoms with Crippen LogP contribution in [-0.2, 0) is 9.59 Å². The van der Waals surface area contributed by atoms with E-state index in [2.05, 4.69) is 12.2 Å². The molecule has 2 bridgehead atoms. The van der Waals surface area contributed by atoms with E-state index >= 15 is 0 Å². The lowest BCUT2D eigenvalue weighted by Crippen LogP contribution is -2.33. The predicted molar refractivity (Wildman–Crippen MR) is 76.7 cm³/mol. The zero-order chi connectivity index (χ0) is 14.0. The van der Waals surface area contributed by atoms with E-state index in [1.165, 1.54) is 4.90 Å². The van der Waals surface area contributed by atoms with Gasteiger partial charge in [-0.05, 0) is 36.5 Å². The third kappa shape index (κ3) is 1.48. The standard InChI is InChI=1S/C15H11Cl2NO2/c16-9-3-4-10(17)11(6-9)18-14(19)12-7-1-2-8(5-7)13(12)15(18)20/h1-4,6-8,12-13H,5H2/t7-,8+,12-,13-/m0/s1. The third-order valence-corrected chi connectivity index (χ3v) is 5.17. The minimum atomic E-state index is -0.215. The van der Waals surface area contributed by atoms with Gasteiger partial charge in [0.1, 0.15) is 0 Å². The molecule has 1 saturated carbocycles. The van der Waals surface area contributed by atoms with Gasteiger partial charge < -0.3 is 0 Å². The summed E-state index contributed by atoms with van der Waals surface area (Å²) >= 11 is 12.1. The minimum absolute atomic E-state index is 0.138. The first-order valence-electron chi connectivity index (χ1n) is 6.59. The van der Waals surface area contributed by atoms with Gasteiger partial charge in [-0.2, -0.15) is 0 Å². The summed E-state index contributed by atoms with van der Waals surface area (Å²) in [7, 11) is 0. The number of hydrogen-bond donors (Lipinski definition) is 0. The number of halogens is 2. The molecule has 3 aliphatic rings. The van der Waals surface area contributed by atoms with E-state index in [0.29, 0.717) is 15.7 Å². The molecule has 1 saturated heterocycles. The van der Waals surface area contributed by atoms with Crippen molar-refractivity contribution in [2.75, 3.05) is 4.90 Å². The average Bonchev–Trinajstić information content (AvgIpc) is 3.08. The summed E-state index contributed by atoms with van der Waals surface area (Å²) in [6.07, 6.45) is 5.06. The summed E-state index contributed by atoms with van der Waals surface area (Å²) in [6.45, 7) is 0. The van der Waals surface area contributed by atoms with Crippen LogP contribution < -0.4 is 4.90 Å². The van der Waals surface area contributed by atoms with E-state index in [4.69, 9.17) is 23.2 Å². The summed E-state index contributed by atoms with van der Waals surface area (Å²) in [5.41, 5.74) is 0.406. The smallest absolute Gasteiger partial charge is 0.238 e. The number of carbonyl (C=O) groups excluding carboxylic acids is 2. The van der Waals surface area contributed by atoms with Crippen molar-refractivity contribution in [3.8, 4) is 0 Å². The number of hydrogen-bond acceptors (Lipinski definition) is 2. The molecule has 1 heterocycles. The fourth-order valence-electron chi connectivity index (χ4n) is 3.80. The van der Waals surface area contributed by atoms with Crippen molar-refractivity contribution >= 4 is 40.7 Å². The van der Waals surface area contributed by atoms with Crippen molar-refractivity contribution in [2.24, 2.45) is 23.7 Å². The fourth-order valence-corrected chi connectivity index (χ4v) is 4.17. The van der Waals surface area contributed by atoms with Crippen molar-refractivity contribution < 1.29 is 9.59 Å². The topological polar surface area (TPSA) is 37.4 Å². The van der Waals surface area contributed by atoms with Gasteiger partial charge in [0.15, 0.2) is 0 Å². The van der Waals surface area contributed by atoms with E-state index in [1.807, 2.05) is 0 Å². The number of carbonyl (C=O) groups is 2. The van der Waals surface area contributed by atoms with Crippen LogP contribution in [0.5, 0.6) is 0 Å². The third-order valence-electron chi connectivity index (χ3n) is 4.62. The van der Waals surface area contributed by atoms with Gasteiger partial charge in [0.2, 0.25) is 11.8 Å². The molecule has 0 unspecified atom stereocenters. The molecule has 0 radical (unpaired) electrons. The Morgan fingerprint density at radius 1 is 1.00 bits per heavy atom. The molecule has 1 aliphatic heterocycles. The van der Waals surface area contributed by atoms with Gasteiger partial charge in [-0.1, -0.05) is 35.4 Å². The molecule has 3 nitrogen and oxygen atoms in total. The highest BCUT2D eigenvalue weighted by Gasteiger charge is 2.59. The number of anilines is 1. The Bertz CT molecular complexity index is 640. The number of fused-ring (bicyclic) bond motifs is 5. The maximum Gasteiger partial charge on any atom is 0.238 e. The Kier molecular flexibility index (Phi) is 2.54. The number of imide groups is 1. The van der Waals surface area contributed by atoms with E-state index in [1.54, 1.807) is 18.2 Å². The molecular formula is C15H11Cl2NO2. The molecule has 0 spiro atoms. The molecule has 4 atom stereocenters. The average molecular weight is 308 g/mol. The first kappa shape index (κ1) is 12.4. The van der Waals surface area contributed by atoms with Gasteiger partial charge in [0, 0.05) is 5.02 Å². The Balaban J connectivity index is 1.80. The van der Waals surface area contributed by atoms with Gasteiger partial charge >= 0.3 is 0 Å². The zero-order valence-electron chi connectivity index (χ0n) is 10.4. The number of amides is 2. The van der Waals surface area contributed by atoms with Crippen molar-refractivity contribution in [1.29, 1.82) is 0 Å². The second-order valence-corrected chi connectivity index (χ2v) is 6.45. The first-order valence-corrected chi connectivity index (χ1v) is 7.34. The van der Waals surface area contributed by atoms with E-state index in [0.717, 1.165) is 6.42 Å². The molecule has 2 amide bonds. The number of allylic oxidation sites excluding steroid dienone is 2. The Morgan fingerprint density at radius 2 is 1.60 bits per heavy atom. The van der Waals surface area contributed by atoms with E-state index < -0.39 is 0 Å². The molecule has 1 aromatic rings. The molecule has 2 aliphatic carbocycles. The SMILES string of the molecule is O=C1[C@@H]2[C@@H](C(=O)N1c1cc(Cl)ccc1Cl)[C@H]1C=C[C@@H]2C1. The summed E-state index contributed by atoms with van der Waals surface area (Å²) in [5.74, 6) is -0.309. The van der Waals surface area contributed by atoms with Crippen LogP contribution in [0.2, 0.25) is 10.0 Å². The summed E-state index contributed by atoms with van der Waals surface area (Å²) < 4.78 is 0. The van der Waals surface area contributed by atoms with Crippen LogP contribution in [0.25, 0.3) is 0 Å². The summed E-state index contributed by atoms with van der Waals surface area (Å²) in [5, 5.41) is 0.833. The fraction of sp³-hybridized carbons (Fsp3) is 0.333. The molecule has 4 rings (SSSR count). The lowest BCUT2D eigenvalue weighted by atomic mass is 9.85. The maximum absolute atomic E-state index is 12.6. The molecule has 0 aromatic heterocycles. The van der Waals surface area contributed by atoms with Gasteiger partial charge in [-0.25, -0.2) is 4.90 Å². The highest BCUT2D eigenvalue weighted by Crippen LogP contribution is 2.53. The normalized spacial score (nSPS) is 34.2. The van der Waals surface area contributed by atoms with Crippen molar-refractivity contribution in [3.63, 3.8) is 0 Å². The molecule has 1 aromatic carbocycles. The van der Waals surface area contributed by atoms with Gasteiger partial charge in [-0.3, -0.25) is 9.59 Å². The van der Waals surface area contributed by atoms with Crippen LogP contribution in [0.1, 0.15) is 6.42 Å². The van der Waals surface area contributed by atoms with Crippen molar-refractivity contribution in [3.05, 3.63) is 40.4 Å². The highest BCUT2D eigenvalue weighted by molar-refractivity contribution is 6.37. The molecule has 5 heteroatoms. The van der Waals surface area contributed by atoms with Gasteiger partial charge in [0.05, 0.1) is 22.5 Å². The van der Waals surface area contributed by atoms with E-state index in [9.17, 15) is 9.59 Å². The van der Waals surface area contributed by atoms with Crippen LogP contribution in [0.15, 0.2) is 30.4 Å². The van der Waals surface area contributed by atoms with Crippen LogP contribution in [0.4, 0.5) is 5.69 Å². The lowest BCUT2D eigenvalue weighted by Gasteiger charge is -2.18. The monoisotopic (exact) mass is 307 g/mol. The Labute approximate surface area is 126 Å². The molecule has 102 valence electrons. The zero-order valence-corrected chi connectivity index (χ0v) is 11.9. The molecule has 0 N–H and O–H groups in total. The Morgan fingerprint density at radius 3 is 2.20 bits per heavy atom. The van der Waals surface area contributed by atoms with Gasteiger partial charge in [0.25, 0.3) is 0 Å². The minimum Gasteiger partial charge on any atom is -0.274 e. The quantitative estimate of drug-likeness (QED) is 0.589. The first-order chi connectivity index (χ1) is 9.58. The lowest BCUT2D eigenvalue weighted by molar-refractivity contribution is -0.123. The molecule has 2 fully saturated rings. The highest BCUT2D eigenvalue weighted by atomic mass is 35.5. The second-order valence-electron chi connectivity index (χ2n) is 5.61. The Hall–Kier alpha value is -1.32. The molecule has 20 heavy (non-hydrogen) atoms. The van der Waals surface area contributed by atoms with Crippen molar-refractivity contribution in [2.45, 2.75) is 6.42 Å². The number of rotatable bonds is 1. The van der Waals surface area contributed by atoms with Crippen LogP contribution in [0.3, 0.4) is 0 Å². The van der Waals surface area contributed by atoms with Crippen molar-refractivity contribution in [1.82, 2.24) is 0 Å². The summed E-state index contributed by atoms with van der Waals surface area (Å²) in [4.78, 5) is 26.5. The second kappa shape index (κ2) is 4.09. The largest absolute Gasteiger partial charge is 0.274 e. The van der Waals surface area contributed by atoms with Gasteiger partial charge in [-0.15, -0.1) is 0 Å².